The number of carbonyl (C=O) groups excluding carboxylic acids is 1. The van der Waals surface area contributed by atoms with E-state index in [1.807, 2.05) is 11.9 Å². The molecule has 0 saturated carbocycles. The van der Waals surface area contributed by atoms with Gasteiger partial charge in [0.1, 0.15) is 0 Å². The van der Waals surface area contributed by atoms with E-state index < -0.39 is 0 Å². The van der Waals surface area contributed by atoms with Crippen molar-refractivity contribution in [1.82, 2.24) is 9.80 Å². The van der Waals surface area contributed by atoms with Crippen LogP contribution in [0, 0.1) is 5.41 Å². The third-order valence-electron chi connectivity index (χ3n) is 3.09. The average Bonchev–Trinajstić information content (AvgIpc) is 1.98. The molecule has 1 heterocycles. The van der Waals surface area contributed by atoms with Crippen molar-refractivity contribution >= 4 is 5.91 Å². The third-order valence-corrected chi connectivity index (χ3v) is 3.09. The molecule has 1 saturated heterocycles. The molecule has 0 spiro atoms. The minimum atomic E-state index is 0.105. The number of carbonyl (C=O) groups is 1. The Hall–Kier alpha value is -0.570. The molecule has 0 bridgehead atoms. The second kappa shape index (κ2) is 3.54. The first-order valence-electron chi connectivity index (χ1n) is 5.22. The standard InChI is InChI=1S/C11H22N2O/c1-8-7-9(14)13(6)10(12(8)5)11(2,3)4/h8,10H,7H2,1-6H3/t8-,10-/m0/s1. The number of rotatable bonds is 0. The zero-order chi connectivity index (χ0) is 11.1. The minimum Gasteiger partial charge on any atom is -0.329 e. The summed E-state index contributed by atoms with van der Waals surface area (Å²) >= 11 is 0. The number of hydrogen-bond donors (Lipinski definition) is 0. The summed E-state index contributed by atoms with van der Waals surface area (Å²) in [5.41, 5.74) is 0.105. The van der Waals surface area contributed by atoms with Crippen molar-refractivity contribution in [2.24, 2.45) is 5.41 Å². The molecule has 0 aromatic carbocycles. The van der Waals surface area contributed by atoms with Crippen molar-refractivity contribution in [2.45, 2.75) is 46.3 Å². The second-order valence-electron chi connectivity index (χ2n) is 5.46. The molecule has 0 aliphatic carbocycles. The largest absolute Gasteiger partial charge is 0.329 e. The first-order valence-corrected chi connectivity index (χ1v) is 5.22. The van der Waals surface area contributed by atoms with Crippen LogP contribution in [0.5, 0.6) is 0 Å². The van der Waals surface area contributed by atoms with Gasteiger partial charge in [0.2, 0.25) is 5.91 Å². The maximum Gasteiger partial charge on any atom is 0.225 e. The number of hydrogen-bond acceptors (Lipinski definition) is 2. The van der Waals surface area contributed by atoms with Crippen molar-refractivity contribution < 1.29 is 4.79 Å². The first-order chi connectivity index (χ1) is 6.25. The van der Waals surface area contributed by atoms with Crippen LogP contribution in [0.3, 0.4) is 0 Å². The monoisotopic (exact) mass is 198 g/mol. The average molecular weight is 198 g/mol. The van der Waals surface area contributed by atoms with Crippen LogP contribution < -0.4 is 0 Å². The Balaban J connectivity index is 2.94. The predicted octanol–water partition coefficient (Wildman–Crippen LogP) is 1.54. The van der Waals surface area contributed by atoms with Crippen molar-refractivity contribution in [1.29, 1.82) is 0 Å². The molecule has 3 nitrogen and oxygen atoms in total. The second-order valence-corrected chi connectivity index (χ2v) is 5.46. The highest BCUT2D eigenvalue weighted by atomic mass is 16.2. The van der Waals surface area contributed by atoms with Crippen molar-refractivity contribution in [3.8, 4) is 0 Å². The van der Waals surface area contributed by atoms with Gasteiger partial charge in [-0.15, -0.1) is 0 Å². The molecule has 1 amide bonds. The third kappa shape index (κ3) is 1.92. The quantitative estimate of drug-likeness (QED) is 0.589. The van der Waals surface area contributed by atoms with E-state index in [-0.39, 0.29) is 17.5 Å². The van der Waals surface area contributed by atoms with Gasteiger partial charge < -0.3 is 4.90 Å². The van der Waals surface area contributed by atoms with Gasteiger partial charge in [-0.3, -0.25) is 9.69 Å². The summed E-state index contributed by atoms with van der Waals surface area (Å²) in [6, 6.07) is 0.350. The Labute approximate surface area is 87.1 Å². The molecule has 14 heavy (non-hydrogen) atoms. The van der Waals surface area contributed by atoms with Crippen LogP contribution in [0.4, 0.5) is 0 Å². The highest BCUT2D eigenvalue weighted by Gasteiger charge is 2.40. The minimum absolute atomic E-state index is 0.105. The fourth-order valence-electron chi connectivity index (χ4n) is 2.38. The molecule has 0 N–H and O–H groups in total. The smallest absolute Gasteiger partial charge is 0.225 e. The van der Waals surface area contributed by atoms with Gasteiger partial charge in [-0.1, -0.05) is 20.8 Å². The van der Waals surface area contributed by atoms with Crippen molar-refractivity contribution in [3.63, 3.8) is 0 Å². The predicted molar refractivity (Wildman–Crippen MR) is 57.9 cm³/mol. The molecule has 1 fully saturated rings. The molecule has 0 aromatic heterocycles. The van der Waals surface area contributed by atoms with Gasteiger partial charge in [0.15, 0.2) is 0 Å². The highest BCUT2D eigenvalue weighted by Crippen LogP contribution is 2.31. The molecule has 1 aliphatic heterocycles. The lowest BCUT2D eigenvalue weighted by atomic mass is 9.87. The summed E-state index contributed by atoms with van der Waals surface area (Å²) in [5.74, 6) is 0.260. The SMILES string of the molecule is C[C@H]1CC(=O)N(C)[C@@H](C(C)(C)C)N1C. The lowest BCUT2D eigenvalue weighted by Crippen LogP contribution is -2.61. The summed E-state index contributed by atoms with van der Waals surface area (Å²) in [7, 11) is 4.00. The van der Waals surface area contributed by atoms with E-state index in [1.54, 1.807) is 0 Å². The highest BCUT2D eigenvalue weighted by molar-refractivity contribution is 5.77. The van der Waals surface area contributed by atoms with Crippen LogP contribution in [0.25, 0.3) is 0 Å². The maximum atomic E-state index is 11.7. The lowest BCUT2D eigenvalue weighted by Gasteiger charge is -2.49. The summed E-state index contributed by atoms with van der Waals surface area (Å²) in [4.78, 5) is 15.9. The number of nitrogens with zero attached hydrogens (tertiary/aromatic N) is 2. The fourth-order valence-corrected chi connectivity index (χ4v) is 2.38. The summed E-state index contributed by atoms with van der Waals surface area (Å²) < 4.78 is 0. The summed E-state index contributed by atoms with van der Waals surface area (Å²) in [5, 5.41) is 0. The van der Waals surface area contributed by atoms with Gasteiger partial charge in [-0.05, 0) is 19.4 Å². The summed E-state index contributed by atoms with van der Waals surface area (Å²) in [6.07, 6.45) is 0.846. The maximum absolute atomic E-state index is 11.7. The lowest BCUT2D eigenvalue weighted by molar-refractivity contribution is -0.151. The Bertz CT molecular complexity index is 232. The van der Waals surface area contributed by atoms with Crippen molar-refractivity contribution in [3.05, 3.63) is 0 Å². The Kier molecular flexibility index (Phi) is 2.91. The normalized spacial score (nSPS) is 31.0. The van der Waals surface area contributed by atoms with E-state index in [0.29, 0.717) is 12.5 Å². The zero-order valence-corrected chi connectivity index (χ0v) is 10.2. The Morgan fingerprint density at radius 3 is 2.21 bits per heavy atom. The topological polar surface area (TPSA) is 23.6 Å². The molecule has 0 radical (unpaired) electrons. The molecular weight excluding hydrogens is 176 g/mol. The molecular formula is C11H22N2O. The van der Waals surface area contributed by atoms with Crippen LogP contribution in [-0.4, -0.2) is 42.0 Å². The van der Waals surface area contributed by atoms with Gasteiger partial charge in [0.25, 0.3) is 0 Å². The van der Waals surface area contributed by atoms with Crippen LogP contribution >= 0.6 is 0 Å². The van der Waals surface area contributed by atoms with E-state index in [2.05, 4.69) is 39.6 Å². The van der Waals surface area contributed by atoms with Crippen LogP contribution in [0.2, 0.25) is 0 Å². The molecule has 0 unspecified atom stereocenters. The van der Waals surface area contributed by atoms with E-state index in [9.17, 15) is 4.79 Å². The van der Waals surface area contributed by atoms with Gasteiger partial charge >= 0.3 is 0 Å². The van der Waals surface area contributed by atoms with Crippen LogP contribution in [0.15, 0.2) is 0 Å². The van der Waals surface area contributed by atoms with Crippen molar-refractivity contribution in [2.75, 3.05) is 14.1 Å². The Morgan fingerprint density at radius 2 is 1.79 bits per heavy atom. The molecule has 2 atom stereocenters. The summed E-state index contributed by atoms with van der Waals surface area (Å²) in [6.45, 7) is 8.64. The van der Waals surface area contributed by atoms with Crippen LogP contribution in [0.1, 0.15) is 34.1 Å². The first kappa shape index (κ1) is 11.5. The van der Waals surface area contributed by atoms with E-state index in [4.69, 9.17) is 0 Å². The zero-order valence-electron chi connectivity index (χ0n) is 10.2. The molecule has 82 valence electrons. The Morgan fingerprint density at radius 1 is 1.29 bits per heavy atom. The van der Waals surface area contributed by atoms with E-state index in [1.165, 1.54) is 0 Å². The van der Waals surface area contributed by atoms with Gasteiger partial charge in [0, 0.05) is 19.5 Å². The molecule has 0 aromatic rings. The van der Waals surface area contributed by atoms with Gasteiger partial charge in [-0.2, -0.15) is 0 Å². The van der Waals surface area contributed by atoms with Gasteiger partial charge in [-0.25, -0.2) is 0 Å². The van der Waals surface area contributed by atoms with E-state index >= 15 is 0 Å². The molecule has 1 rings (SSSR count). The fraction of sp³-hybridized carbons (Fsp3) is 0.909. The van der Waals surface area contributed by atoms with Gasteiger partial charge in [0.05, 0.1) is 6.17 Å². The molecule has 1 aliphatic rings. The van der Waals surface area contributed by atoms with E-state index in [0.717, 1.165) is 0 Å². The van der Waals surface area contributed by atoms with Crippen LogP contribution in [-0.2, 0) is 4.79 Å². The number of amides is 1. The molecule has 3 heteroatoms.